The molecule has 0 aromatic carbocycles. The summed E-state index contributed by atoms with van der Waals surface area (Å²) >= 11 is 0. The second kappa shape index (κ2) is 4.23. The molecule has 0 spiro atoms. The van der Waals surface area contributed by atoms with Crippen LogP contribution in [0.2, 0.25) is 0 Å². The zero-order valence-corrected chi connectivity index (χ0v) is 8.04. The van der Waals surface area contributed by atoms with Crippen molar-refractivity contribution in [3.8, 4) is 0 Å². The molecule has 1 aromatic rings. The molecule has 1 heterocycles. The molecule has 0 fully saturated rings. The number of rotatable bonds is 4. The Bertz CT molecular complexity index is 291. The number of hydrogen-bond donors (Lipinski definition) is 1. The van der Waals surface area contributed by atoms with Crippen LogP contribution in [0.3, 0.4) is 0 Å². The van der Waals surface area contributed by atoms with Gasteiger partial charge in [0.05, 0.1) is 0 Å². The highest BCUT2D eigenvalue weighted by Crippen LogP contribution is 2.10. The Kier molecular flexibility index (Phi) is 3.25. The standard InChI is InChI=1S/C10H15NO2/c1-3-8(11)6-9(12)10-5-4-7(2)13-10/h4-5,8H,3,6,11H2,1-2H3. The van der Waals surface area contributed by atoms with Crippen molar-refractivity contribution in [2.45, 2.75) is 32.7 Å². The Morgan fingerprint density at radius 3 is 2.77 bits per heavy atom. The summed E-state index contributed by atoms with van der Waals surface area (Å²) in [5.74, 6) is 1.16. The maximum Gasteiger partial charge on any atom is 0.199 e. The average Bonchev–Trinajstić information content (AvgIpc) is 2.51. The second-order valence-corrected chi connectivity index (χ2v) is 3.21. The summed E-state index contributed by atoms with van der Waals surface area (Å²) in [6.07, 6.45) is 1.18. The predicted octanol–water partition coefficient (Wildman–Crippen LogP) is 1.90. The molecule has 1 rings (SSSR count). The van der Waals surface area contributed by atoms with E-state index in [1.807, 2.05) is 13.8 Å². The van der Waals surface area contributed by atoms with Crippen LogP contribution < -0.4 is 5.73 Å². The van der Waals surface area contributed by atoms with Gasteiger partial charge in [-0.05, 0) is 25.5 Å². The highest BCUT2D eigenvalue weighted by molar-refractivity contribution is 5.93. The van der Waals surface area contributed by atoms with Crippen LogP contribution in [0.4, 0.5) is 0 Å². The van der Waals surface area contributed by atoms with Crippen molar-refractivity contribution in [2.24, 2.45) is 5.73 Å². The molecular weight excluding hydrogens is 166 g/mol. The van der Waals surface area contributed by atoms with E-state index in [2.05, 4.69) is 0 Å². The first kappa shape index (κ1) is 9.99. The first-order valence-corrected chi connectivity index (χ1v) is 4.48. The van der Waals surface area contributed by atoms with E-state index in [0.717, 1.165) is 12.2 Å². The highest BCUT2D eigenvalue weighted by atomic mass is 16.3. The van der Waals surface area contributed by atoms with Crippen molar-refractivity contribution in [2.75, 3.05) is 0 Å². The zero-order valence-electron chi connectivity index (χ0n) is 8.04. The van der Waals surface area contributed by atoms with Crippen LogP contribution in [-0.4, -0.2) is 11.8 Å². The molecule has 0 saturated carbocycles. The van der Waals surface area contributed by atoms with Gasteiger partial charge in [-0.25, -0.2) is 0 Å². The van der Waals surface area contributed by atoms with Gasteiger partial charge in [0, 0.05) is 12.5 Å². The topological polar surface area (TPSA) is 56.2 Å². The summed E-state index contributed by atoms with van der Waals surface area (Å²) in [4.78, 5) is 11.5. The molecule has 0 bridgehead atoms. The van der Waals surface area contributed by atoms with Gasteiger partial charge in [0.15, 0.2) is 11.5 Å². The summed E-state index contributed by atoms with van der Waals surface area (Å²) in [6.45, 7) is 3.78. The lowest BCUT2D eigenvalue weighted by atomic mass is 10.1. The van der Waals surface area contributed by atoms with Crippen molar-refractivity contribution >= 4 is 5.78 Å². The number of carbonyl (C=O) groups is 1. The average molecular weight is 181 g/mol. The molecular formula is C10H15NO2. The second-order valence-electron chi connectivity index (χ2n) is 3.21. The smallest absolute Gasteiger partial charge is 0.199 e. The Hall–Kier alpha value is -1.09. The van der Waals surface area contributed by atoms with Crippen LogP contribution in [-0.2, 0) is 0 Å². The molecule has 1 atom stereocenters. The molecule has 0 aliphatic carbocycles. The molecule has 3 nitrogen and oxygen atoms in total. The van der Waals surface area contributed by atoms with Gasteiger partial charge >= 0.3 is 0 Å². The molecule has 72 valence electrons. The molecule has 1 aromatic heterocycles. The fourth-order valence-corrected chi connectivity index (χ4v) is 1.07. The van der Waals surface area contributed by atoms with Gasteiger partial charge in [-0.1, -0.05) is 6.92 Å². The molecule has 1 unspecified atom stereocenters. The minimum absolute atomic E-state index is 0.0116. The van der Waals surface area contributed by atoms with Crippen molar-refractivity contribution in [3.63, 3.8) is 0 Å². The van der Waals surface area contributed by atoms with Gasteiger partial charge in [-0.15, -0.1) is 0 Å². The van der Waals surface area contributed by atoms with Crippen LogP contribution in [0.15, 0.2) is 16.5 Å². The third-order valence-electron chi connectivity index (χ3n) is 1.99. The van der Waals surface area contributed by atoms with Gasteiger partial charge in [-0.2, -0.15) is 0 Å². The lowest BCUT2D eigenvalue weighted by Crippen LogP contribution is -2.22. The predicted molar refractivity (Wildman–Crippen MR) is 50.7 cm³/mol. The summed E-state index contributed by atoms with van der Waals surface area (Å²) < 4.78 is 5.19. The summed E-state index contributed by atoms with van der Waals surface area (Å²) in [6, 6.07) is 3.42. The van der Waals surface area contributed by atoms with Crippen LogP contribution in [0, 0.1) is 6.92 Å². The van der Waals surface area contributed by atoms with Crippen molar-refractivity contribution in [3.05, 3.63) is 23.7 Å². The first-order valence-electron chi connectivity index (χ1n) is 4.48. The van der Waals surface area contributed by atoms with E-state index in [1.165, 1.54) is 0 Å². The van der Waals surface area contributed by atoms with Crippen LogP contribution >= 0.6 is 0 Å². The minimum Gasteiger partial charge on any atom is -0.458 e. The van der Waals surface area contributed by atoms with Gasteiger partial charge in [-0.3, -0.25) is 4.79 Å². The number of hydrogen-bond acceptors (Lipinski definition) is 3. The third kappa shape index (κ3) is 2.70. The Morgan fingerprint density at radius 2 is 2.31 bits per heavy atom. The van der Waals surface area contributed by atoms with Crippen LogP contribution in [0.25, 0.3) is 0 Å². The fourth-order valence-electron chi connectivity index (χ4n) is 1.07. The summed E-state index contributed by atoms with van der Waals surface area (Å²) in [7, 11) is 0. The normalized spacial score (nSPS) is 12.8. The molecule has 0 saturated heterocycles. The van der Waals surface area contributed by atoms with Crippen molar-refractivity contribution < 1.29 is 9.21 Å². The summed E-state index contributed by atoms with van der Waals surface area (Å²) in [5.41, 5.74) is 5.66. The van der Waals surface area contributed by atoms with E-state index < -0.39 is 0 Å². The molecule has 13 heavy (non-hydrogen) atoms. The number of ketones is 1. The molecule has 3 heteroatoms. The van der Waals surface area contributed by atoms with Gasteiger partial charge in [0.25, 0.3) is 0 Å². The largest absolute Gasteiger partial charge is 0.458 e. The molecule has 2 N–H and O–H groups in total. The van der Waals surface area contributed by atoms with E-state index in [4.69, 9.17) is 10.2 Å². The van der Waals surface area contributed by atoms with Gasteiger partial charge in [0.1, 0.15) is 5.76 Å². The SMILES string of the molecule is CCC(N)CC(=O)c1ccc(C)o1. The monoisotopic (exact) mass is 181 g/mol. The molecule has 0 radical (unpaired) electrons. The maximum atomic E-state index is 11.5. The number of nitrogens with two attached hydrogens (primary N) is 1. The lowest BCUT2D eigenvalue weighted by Gasteiger charge is -2.04. The summed E-state index contributed by atoms with van der Waals surface area (Å²) in [5, 5.41) is 0. The molecule has 0 aliphatic heterocycles. The minimum atomic E-state index is -0.0575. The van der Waals surface area contributed by atoms with E-state index in [9.17, 15) is 4.79 Å². The van der Waals surface area contributed by atoms with E-state index in [0.29, 0.717) is 12.2 Å². The van der Waals surface area contributed by atoms with Gasteiger partial charge < -0.3 is 10.2 Å². The van der Waals surface area contributed by atoms with E-state index in [-0.39, 0.29) is 11.8 Å². The van der Waals surface area contributed by atoms with Crippen LogP contribution in [0.5, 0.6) is 0 Å². The molecule has 0 aliphatic rings. The highest BCUT2D eigenvalue weighted by Gasteiger charge is 2.12. The van der Waals surface area contributed by atoms with Crippen molar-refractivity contribution in [1.82, 2.24) is 0 Å². The fraction of sp³-hybridized carbons (Fsp3) is 0.500. The maximum absolute atomic E-state index is 11.5. The number of carbonyl (C=O) groups excluding carboxylic acids is 1. The van der Waals surface area contributed by atoms with E-state index >= 15 is 0 Å². The Morgan fingerprint density at radius 1 is 1.62 bits per heavy atom. The number of Topliss-reactive ketones (excluding diaryl/α,β-unsaturated/α-hetero) is 1. The first-order chi connectivity index (χ1) is 6.13. The van der Waals surface area contributed by atoms with Crippen molar-refractivity contribution in [1.29, 1.82) is 0 Å². The lowest BCUT2D eigenvalue weighted by molar-refractivity contribution is 0.0945. The van der Waals surface area contributed by atoms with E-state index in [1.54, 1.807) is 12.1 Å². The Labute approximate surface area is 77.9 Å². The zero-order chi connectivity index (χ0) is 9.84. The third-order valence-corrected chi connectivity index (χ3v) is 1.99. The quantitative estimate of drug-likeness (QED) is 0.722. The van der Waals surface area contributed by atoms with Gasteiger partial charge in [0.2, 0.25) is 0 Å². The van der Waals surface area contributed by atoms with Crippen LogP contribution in [0.1, 0.15) is 36.1 Å². The number of aryl methyl sites for hydroxylation is 1. The number of furan rings is 1. The Balaban J connectivity index is 2.58. The molecule has 0 amide bonds.